The summed E-state index contributed by atoms with van der Waals surface area (Å²) in [5.74, 6) is 2.58. The monoisotopic (exact) mass is 447 g/mol. The third-order valence-corrected chi connectivity index (χ3v) is 6.90. The first-order chi connectivity index (χ1) is 12.6. The van der Waals surface area contributed by atoms with Crippen molar-refractivity contribution in [3.63, 3.8) is 0 Å². The number of nitrogens with one attached hydrogen (secondary N) is 1. The highest BCUT2D eigenvalue weighted by Crippen LogP contribution is 2.38. The van der Waals surface area contributed by atoms with E-state index in [2.05, 4.69) is 35.3 Å². The van der Waals surface area contributed by atoms with Crippen molar-refractivity contribution in [2.75, 3.05) is 36.5 Å². The number of aryl methyl sites for hydroxylation is 1. The molecule has 2 fully saturated rings. The van der Waals surface area contributed by atoms with Crippen molar-refractivity contribution >= 4 is 48.2 Å². The first-order valence-corrected chi connectivity index (χ1v) is 11.2. The van der Waals surface area contributed by atoms with Crippen molar-refractivity contribution in [1.82, 2.24) is 4.90 Å². The van der Waals surface area contributed by atoms with Gasteiger partial charge in [0.2, 0.25) is 5.91 Å². The van der Waals surface area contributed by atoms with E-state index < -0.39 is 0 Å². The van der Waals surface area contributed by atoms with E-state index >= 15 is 0 Å². The van der Waals surface area contributed by atoms with Gasteiger partial charge < -0.3 is 11.1 Å². The number of carbonyl (C=O) groups excluding carboxylic acids is 1. The Bertz CT molecular complexity index is 618. The number of nitrogens with zero attached hydrogens (tertiary/aromatic N) is 1. The number of rotatable bonds is 6. The summed E-state index contributed by atoms with van der Waals surface area (Å²) in [5.41, 5.74) is 9.47. The van der Waals surface area contributed by atoms with Gasteiger partial charge in [0.1, 0.15) is 0 Å². The van der Waals surface area contributed by atoms with Crippen LogP contribution in [-0.2, 0) is 11.3 Å². The van der Waals surface area contributed by atoms with Gasteiger partial charge in [-0.3, -0.25) is 9.69 Å². The van der Waals surface area contributed by atoms with Crippen molar-refractivity contribution in [1.29, 1.82) is 0 Å². The van der Waals surface area contributed by atoms with Gasteiger partial charge in [0.05, 0.1) is 0 Å². The van der Waals surface area contributed by atoms with E-state index in [0.717, 1.165) is 30.6 Å². The van der Waals surface area contributed by atoms with Gasteiger partial charge in [-0.05, 0) is 48.9 Å². The molecule has 0 bridgehead atoms. The second kappa shape index (κ2) is 12.3. The molecule has 28 heavy (non-hydrogen) atoms. The molecule has 0 atom stereocenters. The average Bonchev–Trinajstić information content (AvgIpc) is 2.65. The smallest absolute Gasteiger partial charge is 0.224 e. The second-order valence-electron chi connectivity index (χ2n) is 8.03. The molecule has 1 saturated carbocycles. The van der Waals surface area contributed by atoms with Gasteiger partial charge in [-0.1, -0.05) is 31.4 Å². The minimum Gasteiger partial charge on any atom is -0.330 e. The minimum atomic E-state index is 0. The maximum atomic E-state index is 12.6. The van der Waals surface area contributed by atoms with Crippen LogP contribution >= 0.6 is 36.6 Å². The summed E-state index contributed by atoms with van der Waals surface area (Å²) in [7, 11) is 0. The molecule has 7 heteroatoms. The van der Waals surface area contributed by atoms with Gasteiger partial charge in [0.25, 0.3) is 0 Å². The van der Waals surface area contributed by atoms with E-state index in [0.29, 0.717) is 13.0 Å². The van der Waals surface area contributed by atoms with Crippen LogP contribution in [0.5, 0.6) is 0 Å². The Morgan fingerprint density at radius 3 is 2.46 bits per heavy atom. The molecular weight excluding hydrogens is 413 g/mol. The molecule has 0 radical (unpaired) electrons. The van der Waals surface area contributed by atoms with Gasteiger partial charge in [-0.2, -0.15) is 11.8 Å². The zero-order valence-corrected chi connectivity index (χ0v) is 19.3. The van der Waals surface area contributed by atoms with Crippen LogP contribution in [0.3, 0.4) is 0 Å². The van der Waals surface area contributed by atoms with Crippen LogP contribution in [0, 0.1) is 12.3 Å². The van der Waals surface area contributed by atoms with Crippen LogP contribution in [-0.4, -0.2) is 41.9 Å². The molecule has 3 rings (SSSR count). The number of nitrogens with two attached hydrogens (primary N) is 1. The zero-order chi connectivity index (χ0) is 18.4. The molecule has 1 aliphatic heterocycles. The molecule has 3 N–H and O–H groups in total. The van der Waals surface area contributed by atoms with E-state index in [1.165, 1.54) is 49.4 Å². The van der Waals surface area contributed by atoms with Crippen LogP contribution in [0.2, 0.25) is 0 Å². The van der Waals surface area contributed by atoms with Gasteiger partial charge in [-0.15, -0.1) is 24.8 Å². The van der Waals surface area contributed by atoms with Crippen LogP contribution in [0.1, 0.15) is 49.7 Å². The highest BCUT2D eigenvalue weighted by molar-refractivity contribution is 7.99. The Labute approximate surface area is 186 Å². The predicted octanol–water partition coefficient (Wildman–Crippen LogP) is 4.63. The summed E-state index contributed by atoms with van der Waals surface area (Å²) < 4.78 is 0. The number of anilines is 1. The molecule has 2 aliphatic rings. The molecule has 0 aromatic heterocycles. The Hall–Kier alpha value is -0.460. The van der Waals surface area contributed by atoms with Crippen LogP contribution < -0.4 is 11.1 Å². The molecule has 1 aromatic rings. The average molecular weight is 449 g/mol. The quantitative estimate of drug-likeness (QED) is 0.667. The molecule has 1 saturated heterocycles. The predicted molar refractivity (Wildman–Crippen MR) is 126 cm³/mol. The lowest BCUT2D eigenvalue weighted by Gasteiger charge is -2.35. The Morgan fingerprint density at radius 2 is 1.86 bits per heavy atom. The van der Waals surface area contributed by atoms with E-state index in [-0.39, 0.29) is 36.1 Å². The van der Waals surface area contributed by atoms with Gasteiger partial charge in [0, 0.05) is 43.2 Å². The first-order valence-electron chi connectivity index (χ1n) is 10.00. The van der Waals surface area contributed by atoms with E-state index in [1.807, 2.05) is 11.8 Å². The number of carbonyl (C=O) groups is 1. The molecule has 1 amide bonds. The molecule has 1 aliphatic carbocycles. The fourth-order valence-electron chi connectivity index (χ4n) is 4.27. The number of hydrogen-bond donors (Lipinski definition) is 2. The molecular formula is C21H35Cl2N3OS. The summed E-state index contributed by atoms with van der Waals surface area (Å²) in [6.07, 6.45) is 6.40. The summed E-state index contributed by atoms with van der Waals surface area (Å²) in [5, 5.41) is 3.14. The molecule has 0 spiro atoms. The molecule has 1 aromatic carbocycles. The number of benzene rings is 1. The maximum absolute atomic E-state index is 12.6. The largest absolute Gasteiger partial charge is 0.330 e. The third-order valence-electron chi connectivity index (χ3n) is 5.96. The summed E-state index contributed by atoms with van der Waals surface area (Å²) in [6.45, 7) is 6.05. The molecule has 1 heterocycles. The number of hydrogen-bond acceptors (Lipinski definition) is 4. The lowest BCUT2D eigenvalue weighted by Crippen LogP contribution is -2.36. The van der Waals surface area contributed by atoms with Gasteiger partial charge in [0.15, 0.2) is 0 Å². The molecule has 4 nitrogen and oxygen atoms in total. The van der Waals surface area contributed by atoms with Gasteiger partial charge in [-0.25, -0.2) is 0 Å². The topological polar surface area (TPSA) is 58.4 Å². The SMILES string of the molecule is Cc1cc(CN2CCSCC2)ccc1NC(=O)CC1(CN)CCCCC1.Cl.Cl. The van der Waals surface area contributed by atoms with E-state index in [4.69, 9.17) is 5.73 Å². The fourth-order valence-corrected chi connectivity index (χ4v) is 5.25. The summed E-state index contributed by atoms with van der Waals surface area (Å²) in [6, 6.07) is 6.44. The molecule has 0 unspecified atom stereocenters. The number of amides is 1. The minimum absolute atomic E-state index is 0. The van der Waals surface area contributed by atoms with Crippen LogP contribution in [0.25, 0.3) is 0 Å². The number of thioether (sulfide) groups is 1. The standard InChI is InChI=1S/C21H33N3OS.2ClH/c1-17-13-18(15-24-9-11-26-12-10-24)5-6-19(17)23-20(25)14-21(16-22)7-3-2-4-8-21;;/h5-6,13H,2-4,7-12,14-16,22H2,1H3,(H,23,25);2*1H. The number of halogens is 2. The summed E-state index contributed by atoms with van der Waals surface area (Å²) >= 11 is 2.04. The van der Waals surface area contributed by atoms with Crippen molar-refractivity contribution in [3.8, 4) is 0 Å². The third kappa shape index (κ3) is 7.10. The van der Waals surface area contributed by atoms with Crippen molar-refractivity contribution in [2.45, 2.75) is 52.0 Å². The lowest BCUT2D eigenvalue weighted by atomic mass is 9.71. The van der Waals surface area contributed by atoms with Gasteiger partial charge >= 0.3 is 0 Å². The highest BCUT2D eigenvalue weighted by Gasteiger charge is 2.33. The summed E-state index contributed by atoms with van der Waals surface area (Å²) in [4.78, 5) is 15.1. The van der Waals surface area contributed by atoms with Crippen molar-refractivity contribution in [3.05, 3.63) is 29.3 Å². The van der Waals surface area contributed by atoms with Crippen molar-refractivity contribution < 1.29 is 4.79 Å². The Balaban J connectivity index is 0.00000196. The maximum Gasteiger partial charge on any atom is 0.224 e. The van der Waals surface area contributed by atoms with Crippen LogP contribution in [0.15, 0.2) is 18.2 Å². The van der Waals surface area contributed by atoms with Crippen LogP contribution in [0.4, 0.5) is 5.69 Å². The first kappa shape index (κ1) is 25.6. The fraction of sp³-hybridized carbons (Fsp3) is 0.667. The normalized spacial score (nSPS) is 19.2. The van der Waals surface area contributed by atoms with E-state index in [1.54, 1.807) is 0 Å². The van der Waals surface area contributed by atoms with Crippen molar-refractivity contribution in [2.24, 2.45) is 11.1 Å². The van der Waals surface area contributed by atoms with E-state index in [9.17, 15) is 4.79 Å². The molecule has 160 valence electrons. The second-order valence-corrected chi connectivity index (χ2v) is 9.25. The Kier molecular flexibility index (Phi) is 11.2. The Morgan fingerprint density at radius 1 is 1.18 bits per heavy atom. The zero-order valence-electron chi connectivity index (χ0n) is 16.9. The highest BCUT2D eigenvalue weighted by atomic mass is 35.5. The lowest BCUT2D eigenvalue weighted by molar-refractivity contribution is -0.118.